The number of benzene rings is 1. The van der Waals surface area contributed by atoms with Crippen LogP contribution in [0, 0.1) is 0 Å². The predicted octanol–water partition coefficient (Wildman–Crippen LogP) is -0.407. The van der Waals surface area contributed by atoms with E-state index < -0.39 is 39.5 Å². The Morgan fingerprint density at radius 2 is 1.71 bits per heavy atom. The lowest BCUT2D eigenvalue weighted by molar-refractivity contribution is 0.399. The standard InChI is InChI=1S/C12H12N2O6S/c15-10-8-11(16)14(9-4-2-1-3-5-9)12(17)13(10)6-7-21(18,19)20/h1-5,8,15H,6-7H2,(H,18,19,20). The van der Waals surface area contributed by atoms with Crippen LogP contribution in [0.25, 0.3) is 5.69 Å². The first kappa shape index (κ1) is 15.0. The second-order valence-electron chi connectivity index (χ2n) is 4.23. The number of hydrogen-bond acceptors (Lipinski definition) is 5. The number of hydrogen-bond donors (Lipinski definition) is 2. The molecule has 0 atom stereocenters. The number of aromatic nitrogens is 2. The summed E-state index contributed by atoms with van der Waals surface area (Å²) in [5, 5.41) is 9.61. The molecule has 0 aliphatic rings. The van der Waals surface area contributed by atoms with Crippen molar-refractivity contribution in [1.29, 1.82) is 0 Å². The Kier molecular flexibility index (Phi) is 3.96. The summed E-state index contributed by atoms with van der Waals surface area (Å²) < 4.78 is 31.7. The molecule has 0 spiro atoms. The smallest absolute Gasteiger partial charge is 0.338 e. The molecular weight excluding hydrogens is 300 g/mol. The molecule has 1 aromatic carbocycles. The fourth-order valence-corrected chi connectivity index (χ4v) is 2.21. The minimum absolute atomic E-state index is 0.285. The molecule has 21 heavy (non-hydrogen) atoms. The molecule has 2 rings (SSSR count). The Morgan fingerprint density at radius 1 is 1.10 bits per heavy atom. The van der Waals surface area contributed by atoms with E-state index >= 15 is 0 Å². The molecule has 8 nitrogen and oxygen atoms in total. The van der Waals surface area contributed by atoms with Gasteiger partial charge >= 0.3 is 5.69 Å². The summed E-state index contributed by atoms with van der Waals surface area (Å²) in [6.07, 6.45) is 0. The van der Waals surface area contributed by atoms with E-state index in [1.807, 2.05) is 0 Å². The van der Waals surface area contributed by atoms with Crippen LogP contribution in [0.5, 0.6) is 5.88 Å². The van der Waals surface area contributed by atoms with Gasteiger partial charge in [0.05, 0.1) is 17.5 Å². The van der Waals surface area contributed by atoms with Crippen LogP contribution in [0.1, 0.15) is 0 Å². The maximum atomic E-state index is 12.2. The van der Waals surface area contributed by atoms with Crippen molar-refractivity contribution in [3.63, 3.8) is 0 Å². The number of para-hydroxylation sites is 1. The third-order valence-electron chi connectivity index (χ3n) is 2.76. The zero-order chi connectivity index (χ0) is 15.6. The van der Waals surface area contributed by atoms with Gasteiger partial charge in [0.1, 0.15) is 0 Å². The highest BCUT2D eigenvalue weighted by Gasteiger charge is 2.14. The van der Waals surface area contributed by atoms with E-state index in [4.69, 9.17) is 4.55 Å². The maximum absolute atomic E-state index is 12.2. The summed E-state index contributed by atoms with van der Waals surface area (Å²) in [6, 6.07) is 8.79. The minimum Gasteiger partial charge on any atom is -0.494 e. The van der Waals surface area contributed by atoms with Crippen LogP contribution < -0.4 is 11.2 Å². The van der Waals surface area contributed by atoms with Crippen molar-refractivity contribution >= 4 is 10.1 Å². The lowest BCUT2D eigenvalue weighted by atomic mass is 10.3. The van der Waals surface area contributed by atoms with Crippen molar-refractivity contribution in [3.8, 4) is 11.6 Å². The molecule has 1 heterocycles. The molecule has 0 amide bonds. The lowest BCUT2D eigenvalue weighted by Gasteiger charge is -2.11. The first-order chi connectivity index (χ1) is 9.79. The predicted molar refractivity (Wildman–Crippen MR) is 74.4 cm³/mol. The second-order valence-corrected chi connectivity index (χ2v) is 5.80. The fourth-order valence-electron chi connectivity index (χ4n) is 1.80. The largest absolute Gasteiger partial charge is 0.494 e. The van der Waals surface area contributed by atoms with Gasteiger partial charge < -0.3 is 5.11 Å². The molecule has 0 saturated heterocycles. The number of nitrogens with zero attached hydrogens (tertiary/aromatic N) is 2. The van der Waals surface area contributed by atoms with Crippen LogP contribution in [0.15, 0.2) is 46.0 Å². The molecule has 0 aliphatic carbocycles. The van der Waals surface area contributed by atoms with E-state index in [1.165, 1.54) is 12.1 Å². The van der Waals surface area contributed by atoms with Crippen molar-refractivity contribution in [2.75, 3.05) is 5.75 Å². The zero-order valence-electron chi connectivity index (χ0n) is 10.7. The SMILES string of the molecule is O=c1cc(O)n(CCS(=O)(=O)O)c(=O)n1-c1ccccc1. The van der Waals surface area contributed by atoms with Crippen LogP contribution in [-0.2, 0) is 16.7 Å². The molecule has 2 aromatic rings. The molecule has 2 N–H and O–H groups in total. The van der Waals surface area contributed by atoms with Gasteiger partial charge in [-0.1, -0.05) is 18.2 Å². The molecule has 0 fully saturated rings. The third-order valence-corrected chi connectivity index (χ3v) is 3.46. The Balaban J connectivity index is 2.59. The van der Waals surface area contributed by atoms with Gasteiger partial charge in [0.25, 0.3) is 15.7 Å². The summed E-state index contributed by atoms with van der Waals surface area (Å²) in [5.41, 5.74) is -1.35. The topological polar surface area (TPSA) is 119 Å². The van der Waals surface area contributed by atoms with Crippen LogP contribution in [0.2, 0.25) is 0 Å². The van der Waals surface area contributed by atoms with Gasteiger partial charge in [0.2, 0.25) is 5.88 Å². The molecule has 0 unspecified atom stereocenters. The average Bonchev–Trinajstić information content (AvgIpc) is 2.37. The van der Waals surface area contributed by atoms with E-state index in [0.29, 0.717) is 4.57 Å². The first-order valence-electron chi connectivity index (χ1n) is 5.86. The molecule has 0 radical (unpaired) electrons. The molecule has 0 bridgehead atoms. The van der Waals surface area contributed by atoms with Gasteiger partial charge in [-0.15, -0.1) is 0 Å². The Morgan fingerprint density at radius 3 is 2.29 bits per heavy atom. The summed E-state index contributed by atoms with van der Waals surface area (Å²) in [4.78, 5) is 24.1. The highest BCUT2D eigenvalue weighted by atomic mass is 32.2. The summed E-state index contributed by atoms with van der Waals surface area (Å²) in [5.74, 6) is -1.42. The van der Waals surface area contributed by atoms with E-state index in [9.17, 15) is 23.1 Å². The second kappa shape index (κ2) is 5.54. The van der Waals surface area contributed by atoms with E-state index in [2.05, 4.69) is 0 Å². The van der Waals surface area contributed by atoms with Gasteiger partial charge in [-0.3, -0.25) is 13.9 Å². The first-order valence-corrected chi connectivity index (χ1v) is 7.47. The molecule has 0 saturated carbocycles. The quantitative estimate of drug-likeness (QED) is 0.741. The molecule has 112 valence electrons. The average molecular weight is 312 g/mol. The van der Waals surface area contributed by atoms with Gasteiger partial charge in [-0.25, -0.2) is 9.36 Å². The van der Waals surface area contributed by atoms with Gasteiger partial charge in [-0.05, 0) is 12.1 Å². The summed E-state index contributed by atoms with van der Waals surface area (Å²) in [6.45, 7) is -0.476. The van der Waals surface area contributed by atoms with Crippen LogP contribution >= 0.6 is 0 Å². The fraction of sp³-hybridized carbons (Fsp3) is 0.167. The van der Waals surface area contributed by atoms with Crippen molar-refractivity contribution in [3.05, 3.63) is 57.2 Å². The van der Waals surface area contributed by atoms with Crippen LogP contribution in [0.4, 0.5) is 0 Å². The molecule has 9 heteroatoms. The van der Waals surface area contributed by atoms with Crippen molar-refractivity contribution < 1.29 is 18.1 Å². The van der Waals surface area contributed by atoms with Gasteiger partial charge in [-0.2, -0.15) is 8.42 Å². The summed E-state index contributed by atoms with van der Waals surface area (Å²) in [7, 11) is -4.30. The zero-order valence-corrected chi connectivity index (χ0v) is 11.5. The van der Waals surface area contributed by atoms with Crippen molar-refractivity contribution in [1.82, 2.24) is 9.13 Å². The van der Waals surface area contributed by atoms with Crippen LogP contribution in [-0.4, -0.2) is 33.0 Å². The third kappa shape index (κ3) is 3.38. The molecule has 0 aliphatic heterocycles. The van der Waals surface area contributed by atoms with E-state index in [0.717, 1.165) is 10.6 Å². The lowest BCUT2D eigenvalue weighted by Crippen LogP contribution is -2.39. The normalized spacial score (nSPS) is 11.5. The van der Waals surface area contributed by atoms with Crippen LogP contribution in [0.3, 0.4) is 0 Å². The van der Waals surface area contributed by atoms with Gasteiger partial charge in [0, 0.05) is 6.54 Å². The highest BCUT2D eigenvalue weighted by Crippen LogP contribution is 2.05. The Hall–Kier alpha value is -2.39. The van der Waals surface area contributed by atoms with Gasteiger partial charge in [0.15, 0.2) is 0 Å². The maximum Gasteiger partial charge on any atom is 0.338 e. The minimum atomic E-state index is -4.30. The number of rotatable bonds is 4. The Labute approximate surface area is 119 Å². The number of aromatic hydroxyl groups is 1. The van der Waals surface area contributed by atoms with Crippen molar-refractivity contribution in [2.24, 2.45) is 0 Å². The Bertz CT molecular complexity index is 867. The summed E-state index contributed by atoms with van der Waals surface area (Å²) >= 11 is 0. The monoisotopic (exact) mass is 312 g/mol. The molecule has 1 aromatic heterocycles. The van der Waals surface area contributed by atoms with Crippen molar-refractivity contribution in [2.45, 2.75) is 6.54 Å². The molecular formula is C12H12N2O6S. The van der Waals surface area contributed by atoms with E-state index in [-0.39, 0.29) is 5.69 Å². The highest BCUT2D eigenvalue weighted by molar-refractivity contribution is 7.85. The van der Waals surface area contributed by atoms with E-state index in [1.54, 1.807) is 18.2 Å².